The molecule has 0 unspecified atom stereocenters. The number of nitrogens with zero attached hydrogens (tertiary/aromatic N) is 1. The third kappa shape index (κ3) is 8.28. The number of carboxylic acids is 1. The summed E-state index contributed by atoms with van der Waals surface area (Å²) in [5.74, 6) is -1.59. The largest absolute Gasteiger partial charge is 0.480 e. The van der Waals surface area contributed by atoms with Gasteiger partial charge < -0.3 is 10.4 Å². The lowest BCUT2D eigenvalue weighted by Gasteiger charge is -2.17. The number of hydrogen-bond acceptors (Lipinski definition) is 4. The van der Waals surface area contributed by atoms with Crippen LogP contribution in [0.15, 0.2) is 12.7 Å². The molecule has 0 aliphatic rings. The molecular weight excluding hydrogens is 238 g/mol. The standard InChI is InChI=1S/C11H19N3O4/c1-3-5-12-11(18)13-9(15)7-14(6-4-2)8-10(16)17/h4H,2-3,5-8H2,1H3,(H,16,17)(H2,12,13,15,18). The molecule has 0 saturated heterocycles. The van der Waals surface area contributed by atoms with Gasteiger partial charge in [-0.05, 0) is 6.42 Å². The monoisotopic (exact) mass is 257 g/mol. The number of hydrogen-bond donors (Lipinski definition) is 3. The van der Waals surface area contributed by atoms with E-state index in [1.165, 1.54) is 11.0 Å². The van der Waals surface area contributed by atoms with E-state index in [1.54, 1.807) is 0 Å². The van der Waals surface area contributed by atoms with Gasteiger partial charge in [0.1, 0.15) is 0 Å². The summed E-state index contributed by atoms with van der Waals surface area (Å²) in [7, 11) is 0. The van der Waals surface area contributed by atoms with E-state index in [9.17, 15) is 14.4 Å². The second-order valence-electron chi connectivity index (χ2n) is 3.66. The molecule has 3 amide bonds. The Balaban J connectivity index is 4.11. The molecule has 0 saturated carbocycles. The van der Waals surface area contributed by atoms with E-state index >= 15 is 0 Å². The van der Waals surface area contributed by atoms with Crippen molar-refractivity contribution in [2.45, 2.75) is 13.3 Å². The van der Waals surface area contributed by atoms with Crippen molar-refractivity contribution in [3.63, 3.8) is 0 Å². The topological polar surface area (TPSA) is 98.7 Å². The lowest BCUT2D eigenvalue weighted by atomic mass is 10.4. The maximum Gasteiger partial charge on any atom is 0.321 e. The maximum absolute atomic E-state index is 11.4. The second kappa shape index (κ2) is 9.17. The van der Waals surface area contributed by atoms with E-state index in [1.807, 2.05) is 6.92 Å². The van der Waals surface area contributed by atoms with Crippen molar-refractivity contribution in [2.24, 2.45) is 0 Å². The van der Waals surface area contributed by atoms with Gasteiger partial charge in [0.15, 0.2) is 0 Å². The maximum atomic E-state index is 11.4. The van der Waals surface area contributed by atoms with Crippen LogP contribution in [0.25, 0.3) is 0 Å². The zero-order valence-electron chi connectivity index (χ0n) is 10.4. The zero-order chi connectivity index (χ0) is 14.0. The van der Waals surface area contributed by atoms with Crippen molar-refractivity contribution >= 4 is 17.9 Å². The van der Waals surface area contributed by atoms with Crippen LogP contribution in [0, 0.1) is 0 Å². The molecule has 0 aliphatic carbocycles. The van der Waals surface area contributed by atoms with E-state index in [2.05, 4.69) is 17.2 Å². The highest BCUT2D eigenvalue weighted by molar-refractivity contribution is 5.95. The zero-order valence-corrected chi connectivity index (χ0v) is 10.4. The summed E-state index contributed by atoms with van der Waals surface area (Å²) in [6, 6.07) is -0.573. The predicted octanol–water partition coefficient (Wildman–Crippen LogP) is -0.205. The van der Waals surface area contributed by atoms with E-state index in [0.29, 0.717) is 6.54 Å². The Labute approximate surface area is 106 Å². The van der Waals surface area contributed by atoms with Gasteiger partial charge in [0.05, 0.1) is 13.1 Å². The van der Waals surface area contributed by atoms with Gasteiger partial charge in [-0.3, -0.25) is 19.8 Å². The lowest BCUT2D eigenvalue weighted by molar-refractivity contribution is -0.138. The normalized spacial score (nSPS) is 9.89. The second-order valence-corrected chi connectivity index (χ2v) is 3.66. The summed E-state index contributed by atoms with van der Waals surface area (Å²) in [5.41, 5.74) is 0. The summed E-state index contributed by atoms with van der Waals surface area (Å²) in [6.07, 6.45) is 2.26. The van der Waals surface area contributed by atoms with Crippen LogP contribution < -0.4 is 10.6 Å². The molecule has 0 rings (SSSR count). The number of urea groups is 1. The molecule has 0 atom stereocenters. The SMILES string of the molecule is C=CCN(CC(=O)O)CC(=O)NC(=O)NCCC. The van der Waals surface area contributed by atoms with Gasteiger partial charge in [0.25, 0.3) is 0 Å². The summed E-state index contributed by atoms with van der Waals surface area (Å²) < 4.78 is 0. The molecule has 7 heteroatoms. The van der Waals surface area contributed by atoms with Crippen LogP contribution in [0.3, 0.4) is 0 Å². The third-order valence-electron chi connectivity index (χ3n) is 1.90. The molecule has 0 radical (unpaired) electrons. The van der Waals surface area contributed by atoms with Crippen molar-refractivity contribution in [2.75, 3.05) is 26.2 Å². The first kappa shape index (κ1) is 16.1. The number of rotatable bonds is 8. The average molecular weight is 257 g/mol. The smallest absolute Gasteiger partial charge is 0.321 e. The Morgan fingerprint density at radius 3 is 2.50 bits per heavy atom. The Morgan fingerprint density at radius 1 is 1.33 bits per heavy atom. The van der Waals surface area contributed by atoms with Gasteiger partial charge >= 0.3 is 12.0 Å². The third-order valence-corrected chi connectivity index (χ3v) is 1.90. The van der Waals surface area contributed by atoms with Crippen molar-refractivity contribution in [3.8, 4) is 0 Å². The minimum Gasteiger partial charge on any atom is -0.480 e. The average Bonchev–Trinajstić information content (AvgIpc) is 2.25. The number of nitrogens with one attached hydrogen (secondary N) is 2. The van der Waals surface area contributed by atoms with Gasteiger partial charge in [-0.2, -0.15) is 0 Å². The number of amides is 3. The predicted molar refractivity (Wildman–Crippen MR) is 66.1 cm³/mol. The van der Waals surface area contributed by atoms with Gasteiger partial charge in [-0.15, -0.1) is 6.58 Å². The summed E-state index contributed by atoms with van der Waals surface area (Å²) in [4.78, 5) is 34.5. The van der Waals surface area contributed by atoms with E-state index in [4.69, 9.17) is 5.11 Å². The van der Waals surface area contributed by atoms with Crippen molar-refractivity contribution in [3.05, 3.63) is 12.7 Å². The fourth-order valence-electron chi connectivity index (χ4n) is 1.21. The van der Waals surface area contributed by atoms with Crippen molar-refractivity contribution < 1.29 is 19.5 Å². The first-order valence-corrected chi connectivity index (χ1v) is 5.62. The van der Waals surface area contributed by atoms with Crippen LogP contribution in [0.4, 0.5) is 4.79 Å². The van der Waals surface area contributed by atoms with Gasteiger partial charge in [0.2, 0.25) is 5.91 Å². The minimum atomic E-state index is -1.04. The molecule has 0 aliphatic heterocycles. The first-order valence-electron chi connectivity index (χ1n) is 5.62. The van der Waals surface area contributed by atoms with Crippen LogP contribution in [0.1, 0.15) is 13.3 Å². The Hall–Kier alpha value is -1.89. The lowest BCUT2D eigenvalue weighted by Crippen LogP contribution is -2.45. The molecule has 3 N–H and O–H groups in total. The number of carboxylic acid groups (broad SMARTS) is 1. The van der Waals surface area contributed by atoms with Gasteiger partial charge in [0, 0.05) is 13.1 Å². The molecule has 18 heavy (non-hydrogen) atoms. The van der Waals surface area contributed by atoms with Crippen molar-refractivity contribution in [1.82, 2.24) is 15.5 Å². The number of carbonyl (C=O) groups is 3. The summed E-state index contributed by atoms with van der Waals surface area (Å²) in [6.45, 7) is 5.65. The molecule has 0 heterocycles. The van der Waals surface area contributed by atoms with Crippen LogP contribution in [0.5, 0.6) is 0 Å². The molecule has 102 valence electrons. The summed E-state index contributed by atoms with van der Waals surface area (Å²) >= 11 is 0. The number of imide groups is 1. The minimum absolute atomic E-state index is 0.169. The van der Waals surface area contributed by atoms with Crippen LogP contribution in [-0.2, 0) is 9.59 Å². The number of aliphatic carboxylic acids is 1. The highest BCUT2D eigenvalue weighted by atomic mass is 16.4. The van der Waals surface area contributed by atoms with Crippen LogP contribution in [0.2, 0.25) is 0 Å². The highest BCUT2D eigenvalue weighted by Crippen LogP contribution is 1.88. The fraction of sp³-hybridized carbons (Fsp3) is 0.545. The van der Waals surface area contributed by atoms with Gasteiger partial charge in [-0.25, -0.2) is 4.79 Å². The van der Waals surface area contributed by atoms with E-state index < -0.39 is 17.9 Å². The van der Waals surface area contributed by atoms with Crippen LogP contribution in [-0.4, -0.2) is 54.1 Å². The molecule has 0 fully saturated rings. The highest BCUT2D eigenvalue weighted by Gasteiger charge is 2.14. The quantitative estimate of drug-likeness (QED) is 0.523. The molecule has 0 bridgehead atoms. The number of carbonyl (C=O) groups excluding carboxylic acids is 2. The van der Waals surface area contributed by atoms with Crippen molar-refractivity contribution in [1.29, 1.82) is 0 Å². The van der Waals surface area contributed by atoms with E-state index in [-0.39, 0.29) is 19.6 Å². The molecule has 7 nitrogen and oxygen atoms in total. The Bertz CT molecular complexity index is 317. The molecule has 0 aromatic rings. The Morgan fingerprint density at radius 2 is 2.00 bits per heavy atom. The molecule has 0 aromatic carbocycles. The molecule has 0 aromatic heterocycles. The summed E-state index contributed by atoms with van der Waals surface area (Å²) in [5, 5.41) is 13.2. The van der Waals surface area contributed by atoms with Gasteiger partial charge in [-0.1, -0.05) is 13.0 Å². The molecular formula is C11H19N3O4. The Kier molecular flexibility index (Phi) is 8.21. The van der Waals surface area contributed by atoms with Crippen LogP contribution >= 0.6 is 0 Å². The van der Waals surface area contributed by atoms with E-state index in [0.717, 1.165) is 6.42 Å². The molecule has 0 spiro atoms. The first-order chi connectivity index (χ1) is 8.49. The fourth-order valence-corrected chi connectivity index (χ4v) is 1.21.